The summed E-state index contributed by atoms with van der Waals surface area (Å²) in [6, 6.07) is 9.80. The molecule has 17 heavy (non-hydrogen) atoms. The van der Waals surface area contributed by atoms with Crippen LogP contribution in [0.5, 0.6) is 0 Å². The number of nitrogens with zero attached hydrogens (tertiary/aromatic N) is 1. The Hall–Kier alpha value is -1.37. The molecule has 1 atom stereocenters. The molecule has 86 valence electrons. The highest BCUT2D eigenvalue weighted by atomic mass is 79.9. The Morgan fingerprint density at radius 2 is 2.18 bits per heavy atom. The molecule has 0 fully saturated rings. The maximum absolute atomic E-state index is 10.00. The average Bonchev–Trinajstić information content (AvgIpc) is 2.35. The Bertz CT molecular complexity index is 598. The molecule has 0 aliphatic rings. The van der Waals surface area contributed by atoms with Crippen molar-refractivity contribution in [3.63, 3.8) is 0 Å². The molecule has 0 amide bonds. The van der Waals surface area contributed by atoms with E-state index >= 15 is 0 Å². The first-order chi connectivity index (χ1) is 8.22. The number of hydrogen-bond acceptors (Lipinski definition) is 2. The van der Waals surface area contributed by atoms with Gasteiger partial charge in [-0.2, -0.15) is 0 Å². The number of halogens is 1. The lowest BCUT2D eigenvalue weighted by atomic mass is 10.1. The van der Waals surface area contributed by atoms with Crippen LogP contribution in [0.2, 0.25) is 0 Å². The molecular formula is C14H12BrNO. The Kier molecular flexibility index (Phi) is 3.78. The fourth-order valence-electron chi connectivity index (χ4n) is 1.63. The van der Waals surface area contributed by atoms with Gasteiger partial charge in [-0.3, -0.25) is 0 Å². The lowest BCUT2D eigenvalue weighted by Crippen LogP contribution is -2.01. The lowest BCUT2D eigenvalue weighted by molar-refractivity contribution is 0.178. The zero-order valence-electron chi connectivity index (χ0n) is 9.44. The molecule has 1 N–H and O–H groups in total. The highest BCUT2D eigenvalue weighted by Crippen LogP contribution is 2.27. The Morgan fingerprint density at radius 3 is 2.94 bits per heavy atom. The number of hydrogen-bond donors (Lipinski definition) is 1. The number of fused-ring (bicyclic) bond motifs is 1. The zero-order valence-corrected chi connectivity index (χ0v) is 11.0. The van der Waals surface area contributed by atoms with Gasteiger partial charge < -0.3 is 5.11 Å². The number of aromatic nitrogens is 1. The number of pyridine rings is 1. The van der Waals surface area contributed by atoms with Crippen LogP contribution in [-0.2, 0) is 0 Å². The summed E-state index contributed by atoms with van der Waals surface area (Å²) in [6.07, 6.45) is -0.248. The Labute approximate surface area is 109 Å². The fraction of sp³-hybridized carbons (Fsp3) is 0.214. The van der Waals surface area contributed by atoms with Crippen molar-refractivity contribution >= 4 is 26.8 Å². The Morgan fingerprint density at radius 1 is 1.41 bits per heavy atom. The molecule has 0 bridgehead atoms. The SMILES string of the molecule is CC#CCC(O)c1nc2ccccc2cc1Br. The molecule has 0 saturated carbocycles. The van der Waals surface area contributed by atoms with Gasteiger partial charge in [-0.05, 0) is 35.0 Å². The van der Waals surface area contributed by atoms with Crippen molar-refractivity contribution in [3.05, 3.63) is 40.5 Å². The zero-order chi connectivity index (χ0) is 12.3. The predicted octanol–water partition coefficient (Wildman–Crippen LogP) is 3.44. The highest BCUT2D eigenvalue weighted by Gasteiger charge is 2.12. The second-order valence-electron chi connectivity index (χ2n) is 3.69. The van der Waals surface area contributed by atoms with Gasteiger partial charge in [0.2, 0.25) is 0 Å². The van der Waals surface area contributed by atoms with Crippen LogP contribution < -0.4 is 0 Å². The van der Waals surface area contributed by atoms with E-state index in [-0.39, 0.29) is 0 Å². The Balaban J connectivity index is 2.45. The number of rotatable bonds is 2. The minimum atomic E-state index is -0.651. The van der Waals surface area contributed by atoms with Gasteiger partial charge in [-0.25, -0.2) is 4.98 Å². The van der Waals surface area contributed by atoms with E-state index < -0.39 is 6.10 Å². The van der Waals surface area contributed by atoms with Gasteiger partial charge in [0.05, 0.1) is 11.2 Å². The van der Waals surface area contributed by atoms with Gasteiger partial charge >= 0.3 is 0 Å². The number of aliphatic hydroxyl groups excluding tert-OH is 1. The topological polar surface area (TPSA) is 33.1 Å². The first kappa shape index (κ1) is 12.1. The summed E-state index contributed by atoms with van der Waals surface area (Å²) in [6.45, 7) is 1.76. The standard InChI is InChI=1S/C14H12BrNO/c1-2-3-8-13(17)14-11(15)9-10-6-4-5-7-12(10)16-14/h4-7,9,13,17H,8H2,1H3. The minimum absolute atomic E-state index is 0.403. The molecule has 2 rings (SSSR count). The van der Waals surface area contributed by atoms with Gasteiger partial charge in [0.25, 0.3) is 0 Å². The quantitative estimate of drug-likeness (QED) is 0.859. The van der Waals surface area contributed by atoms with E-state index in [1.165, 1.54) is 0 Å². The van der Waals surface area contributed by atoms with Crippen molar-refractivity contribution in [3.8, 4) is 11.8 Å². The van der Waals surface area contributed by atoms with Gasteiger partial charge in [-0.15, -0.1) is 11.8 Å². The second-order valence-corrected chi connectivity index (χ2v) is 4.55. The second kappa shape index (κ2) is 5.31. The van der Waals surface area contributed by atoms with Crippen molar-refractivity contribution in [2.75, 3.05) is 0 Å². The van der Waals surface area contributed by atoms with Gasteiger partial charge in [0.15, 0.2) is 0 Å². The van der Waals surface area contributed by atoms with Crippen molar-refractivity contribution in [2.45, 2.75) is 19.4 Å². The molecule has 2 aromatic rings. The largest absolute Gasteiger partial charge is 0.386 e. The molecular weight excluding hydrogens is 278 g/mol. The summed E-state index contributed by atoms with van der Waals surface area (Å²) in [4.78, 5) is 4.46. The number of para-hydroxylation sites is 1. The smallest absolute Gasteiger partial charge is 0.108 e. The van der Waals surface area contributed by atoms with Crippen LogP contribution in [0.25, 0.3) is 10.9 Å². The van der Waals surface area contributed by atoms with Crippen LogP contribution >= 0.6 is 15.9 Å². The molecule has 0 saturated heterocycles. The first-order valence-corrected chi connectivity index (χ1v) is 6.14. The summed E-state index contributed by atoms with van der Waals surface area (Å²) >= 11 is 3.44. The third-order valence-electron chi connectivity index (χ3n) is 2.49. The van der Waals surface area contributed by atoms with Gasteiger partial charge in [0.1, 0.15) is 6.10 Å². The van der Waals surface area contributed by atoms with Gasteiger partial charge in [-0.1, -0.05) is 18.2 Å². The molecule has 0 aliphatic carbocycles. The van der Waals surface area contributed by atoms with Crippen LogP contribution in [0.15, 0.2) is 34.8 Å². The van der Waals surface area contributed by atoms with E-state index in [9.17, 15) is 5.11 Å². The molecule has 0 radical (unpaired) electrons. The molecule has 1 aromatic carbocycles. The van der Waals surface area contributed by atoms with Crippen LogP contribution in [0.3, 0.4) is 0 Å². The third kappa shape index (κ3) is 2.66. The van der Waals surface area contributed by atoms with Crippen molar-refractivity contribution in [2.24, 2.45) is 0 Å². The number of aliphatic hydroxyl groups is 1. The van der Waals surface area contributed by atoms with E-state index in [1.807, 2.05) is 30.3 Å². The van der Waals surface area contributed by atoms with Crippen LogP contribution in [0, 0.1) is 11.8 Å². The third-order valence-corrected chi connectivity index (χ3v) is 3.13. The summed E-state index contributed by atoms with van der Waals surface area (Å²) in [5.41, 5.74) is 1.53. The molecule has 1 heterocycles. The minimum Gasteiger partial charge on any atom is -0.386 e. The fourth-order valence-corrected chi connectivity index (χ4v) is 2.23. The first-order valence-electron chi connectivity index (χ1n) is 5.35. The maximum Gasteiger partial charge on any atom is 0.108 e. The average molecular weight is 290 g/mol. The molecule has 0 spiro atoms. The van der Waals surface area contributed by atoms with Crippen LogP contribution in [0.1, 0.15) is 25.1 Å². The van der Waals surface area contributed by atoms with E-state index in [1.54, 1.807) is 6.92 Å². The summed E-state index contributed by atoms with van der Waals surface area (Å²) in [7, 11) is 0. The van der Waals surface area contributed by atoms with Crippen molar-refractivity contribution in [1.29, 1.82) is 0 Å². The lowest BCUT2D eigenvalue weighted by Gasteiger charge is -2.10. The van der Waals surface area contributed by atoms with E-state index in [2.05, 4.69) is 32.8 Å². The maximum atomic E-state index is 10.00. The summed E-state index contributed by atoms with van der Waals surface area (Å²) < 4.78 is 0.821. The molecule has 0 aliphatic heterocycles. The van der Waals surface area contributed by atoms with Gasteiger partial charge in [0, 0.05) is 16.3 Å². The molecule has 1 aromatic heterocycles. The number of benzene rings is 1. The van der Waals surface area contributed by atoms with Crippen molar-refractivity contribution in [1.82, 2.24) is 4.98 Å². The van der Waals surface area contributed by atoms with Crippen LogP contribution in [-0.4, -0.2) is 10.1 Å². The van der Waals surface area contributed by atoms with E-state index in [0.717, 1.165) is 15.4 Å². The van der Waals surface area contributed by atoms with E-state index in [4.69, 9.17) is 0 Å². The molecule has 2 nitrogen and oxygen atoms in total. The normalized spacial score (nSPS) is 11.9. The highest BCUT2D eigenvalue weighted by molar-refractivity contribution is 9.10. The van der Waals surface area contributed by atoms with Crippen LogP contribution in [0.4, 0.5) is 0 Å². The summed E-state index contributed by atoms with van der Waals surface area (Å²) in [5.74, 6) is 5.63. The van der Waals surface area contributed by atoms with E-state index in [0.29, 0.717) is 12.1 Å². The van der Waals surface area contributed by atoms with Crippen molar-refractivity contribution < 1.29 is 5.11 Å². The molecule has 3 heteroatoms. The molecule has 1 unspecified atom stereocenters. The monoisotopic (exact) mass is 289 g/mol. The summed E-state index contributed by atoms with van der Waals surface area (Å²) in [5, 5.41) is 11.0. The predicted molar refractivity (Wildman–Crippen MR) is 72.5 cm³/mol.